The number of hydrogen-bond acceptors (Lipinski definition) is 5. The van der Waals surface area contributed by atoms with Crippen LogP contribution in [0.25, 0.3) is 0 Å². The minimum atomic E-state index is 0.00675. The number of oxime groups is 1. The molecule has 0 aromatic carbocycles. The Hall–Kier alpha value is -1.82. The van der Waals surface area contributed by atoms with E-state index in [0.717, 1.165) is 5.69 Å². The molecule has 0 fully saturated rings. The zero-order chi connectivity index (χ0) is 12.1. The summed E-state index contributed by atoms with van der Waals surface area (Å²) in [6.45, 7) is 2.30. The molecule has 4 N–H and O–H groups in total. The molecule has 0 saturated heterocycles. The molecule has 0 aliphatic rings. The number of aromatic nitrogens is 1. The number of rotatable bonds is 4. The lowest BCUT2D eigenvalue weighted by atomic mass is 10.2. The second kappa shape index (κ2) is 5.32. The first kappa shape index (κ1) is 12.3. The predicted octanol–water partition coefficient (Wildman–Crippen LogP) is -0.0870. The maximum atomic E-state index is 8.87. The third kappa shape index (κ3) is 2.60. The average molecular weight is 224 g/mol. The Morgan fingerprint density at radius 1 is 1.56 bits per heavy atom. The number of hydrogen-bond donors (Lipinski definition) is 3. The van der Waals surface area contributed by atoms with E-state index in [1.807, 2.05) is 6.92 Å². The summed E-state index contributed by atoms with van der Waals surface area (Å²) >= 11 is 0. The van der Waals surface area contributed by atoms with E-state index < -0.39 is 0 Å². The molecule has 0 unspecified atom stereocenters. The highest BCUT2D eigenvalue weighted by Gasteiger charge is 2.12. The van der Waals surface area contributed by atoms with Gasteiger partial charge in [-0.05, 0) is 19.1 Å². The topological polar surface area (TPSA) is 95.0 Å². The van der Waals surface area contributed by atoms with Crippen molar-refractivity contribution in [3.63, 3.8) is 0 Å². The summed E-state index contributed by atoms with van der Waals surface area (Å²) in [7, 11) is 1.78. The molecule has 16 heavy (non-hydrogen) atoms. The highest BCUT2D eigenvalue weighted by molar-refractivity contribution is 6.01. The van der Waals surface area contributed by atoms with Crippen LogP contribution in [-0.4, -0.2) is 41.3 Å². The van der Waals surface area contributed by atoms with E-state index in [1.165, 1.54) is 0 Å². The van der Waals surface area contributed by atoms with E-state index in [9.17, 15) is 0 Å². The van der Waals surface area contributed by atoms with Crippen molar-refractivity contribution in [2.24, 2.45) is 10.9 Å². The zero-order valence-corrected chi connectivity index (χ0v) is 9.38. The van der Waals surface area contributed by atoms with Crippen LogP contribution in [0.3, 0.4) is 0 Å². The fourth-order valence-corrected chi connectivity index (χ4v) is 1.34. The van der Waals surface area contributed by atoms with E-state index in [1.54, 1.807) is 24.1 Å². The lowest BCUT2D eigenvalue weighted by Gasteiger charge is -2.20. The number of aliphatic hydroxyl groups excluding tert-OH is 1. The van der Waals surface area contributed by atoms with Gasteiger partial charge in [0, 0.05) is 19.3 Å². The van der Waals surface area contributed by atoms with E-state index in [2.05, 4.69) is 10.1 Å². The minimum Gasteiger partial charge on any atom is -0.409 e. The van der Waals surface area contributed by atoms with Crippen LogP contribution in [0.5, 0.6) is 0 Å². The Balaban J connectivity index is 3.17. The maximum Gasteiger partial charge on any atom is 0.173 e. The van der Waals surface area contributed by atoms with E-state index in [-0.39, 0.29) is 12.4 Å². The lowest BCUT2D eigenvalue weighted by Crippen LogP contribution is -2.26. The predicted molar refractivity (Wildman–Crippen MR) is 61.8 cm³/mol. The van der Waals surface area contributed by atoms with Gasteiger partial charge in [0.15, 0.2) is 5.84 Å². The lowest BCUT2D eigenvalue weighted by molar-refractivity contribution is 0.304. The number of pyridine rings is 1. The average Bonchev–Trinajstić information content (AvgIpc) is 2.28. The van der Waals surface area contributed by atoms with Gasteiger partial charge in [-0.3, -0.25) is 0 Å². The van der Waals surface area contributed by atoms with Gasteiger partial charge in [-0.2, -0.15) is 0 Å². The molecular weight excluding hydrogens is 208 g/mol. The van der Waals surface area contributed by atoms with E-state index in [0.29, 0.717) is 17.9 Å². The zero-order valence-electron chi connectivity index (χ0n) is 9.38. The summed E-state index contributed by atoms with van der Waals surface area (Å²) in [6.07, 6.45) is 0. The highest BCUT2D eigenvalue weighted by atomic mass is 16.4. The fraction of sp³-hybridized carbons (Fsp3) is 0.400. The first-order valence-electron chi connectivity index (χ1n) is 4.87. The molecule has 1 aromatic rings. The van der Waals surface area contributed by atoms with Gasteiger partial charge < -0.3 is 20.9 Å². The third-order valence-corrected chi connectivity index (χ3v) is 2.20. The standard InChI is InChI=1S/C10H16N4O2/c1-7-3-4-8(9(11)13-16)10(12-7)14(2)5-6-15/h3-4,15-16H,5-6H2,1-2H3,(H2,11,13). The second-order valence-electron chi connectivity index (χ2n) is 3.45. The quantitative estimate of drug-likeness (QED) is 0.287. The van der Waals surface area contributed by atoms with Gasteiger partial charge in [0.05, 0.1) is 12.2 Å². The summed E-state index contributed by atoms with van der Waals surface area (Å²) < 4.78 is 0. The maximum absolute atomic E-state index is 8.87. The van der Waals surface area contributed by atoms with Crippen LogP contribution < -0.4 is 10.6 Å². The Kier molecular flexibility index (Phi) is 4.07. The number of nitrogens with zero attached hydrogens (tertiary/aromatic N) is 3. The van der Waals surface area contributed by atoms with Crippen molar-refractivity contribution in [2.75, 3.05) is 25.1 Å². The molecule has 0 atom stereocenters. The molecule has 0 spiro atoms. The first-order valence-corrected chi connectivity index (χ1v) is 4.87. The molecule has 0 bridgehead atoms. The molecule has 0 amide bonds. The van der Waals surface area contributed by atoms with Crippen LogP contribution in [0, 0.1) is 6.92 Å². The van der Waals surface area contributed by atoms with Gasteiger partial charge in [-0.15, -0.1) is 0 Å². The Morgan fingerprint density at radius 2 is 2.25 bits per heavy atom. The Bertz CT molecular complexity index is 392. The molecule has 1 aromatic heterocycles. The van der Waals surface area contributed by atoms with Gasteiger partial charge >= 0.3 is 0 Å². The van der Waals surface area contributed by atoms with Gasteiger partial charge in [0.1, 0.15) is 5.82 Å². The van der Waals surface area contributed by atoms with Crippen molar-refractivity contribution >= 4 is 11.7 Å². The number of likely N-dealkylation sites (N-methyl/N-ethyl adjacent to an activating group) is 1. The summed E-state index contributed by atoms with van der Waals surface area (Å²) in [5.74, 6) is 0.594. The van der Waals surface area contributed by atoms with Crippen molar-refractivity contribution in [3.8, 4) is 0 Å². The number of aryl methyl sites for hydroxylation is 1. The summed E-state index contributed by atoms with van der Waals surface area (Å²) in [6, 6.07) is 3.52. The van der Waals surface area contributed by atoms with Gasteiger partial charge in [-0.25, -0.2) is 4.98 Å². The van der Waals surface area contributed by atoms with Gasteiger partial charge in [0.25, 0.3) is 0 Å². The molecule has 0 saturated carbocycles. The number of nitrogens with two attached hydrogens (primary N) is 1. The number of anilines is 1. The largest absolute Gasteiger partial charge is 0.409 e. The fourth-order valence-electron chi connectivity index (χ4n) is 1.34. The van der Waals surface area contributed by atoms with Crippen LogP contribution in [-0.2, 0) is 0 Å². The normalized spacial score (nSPS) is 11.6. The van der Waals surface area contributed by atoms with Crippen LogP contribution in [0.4, 0.5) is 5.82 Å². The molecule has 1 rings (SSSR count). The summed E-state index contributed by atoms with van der Waals surface area (Å²) in [5.41, 5.74) is 6.92. The Morgan fingerprint density at radius 3 is 2.81 bits per heavy atom. The molecule has 0 aliphatic carbocycles. The van der Waals surface area contributed by atoms with E-state index in [4.69, 9.17) is 16.0 Å². The minimum absolute atomic E-state index is 0.00675. The molecule has 0 aliphatic heterocycles. The van der Waals surface area contributed by atoms with Crippen LogP contribution in [0.15, 0.2) is 17.3 Å². The van der Waals surface area contributed by atoms with Crippen molar-refractivity contribution in [3.05, 3.63) is 23.4 Å². The van der Waals surface area contributed by atoms with E-state index >= 15 is 0 Å². The van der Waals surface area contributed by atoms with Crippen LogP contribution in [0.1, 0.15) is 11.3 Å². The number of amidine groups is 1. The van der Waals surface area contributed by atoms with Crippen molar-refractivity contribution in [2.45, 2.75) is 6.92 Å². The SMILES string of the molecule is Cc1ccc(C(N)=NO)c(N(C)CCO)n1. The number of aliphatic hydroxyl groups is 1. The van der Waals surface area contributed by atoms with Gasteiger partial charge in [-0.1, -0.05) is 5.16 Å². The first-order chi connectivity index (χ1) is 7.60. The molecule has 88 valence electrons. The van der Waals surface area contributed by atoms with Crippen LogP contribution >= 0.6 is 0 Å². The molecular formula is C10H16N4O2. The van der Waals surface area contributed by atoms with Crippen molar-refractivity contribution < 1.29 is 10.3 Å². The monoisotopic (exact) mass is 224 g/mol. The second-order valence-corrected chi connectivity index (χ2v) is 3.45. The molecule has 6 nitrogen and oxygen atoms in total. The smallest absolute Gasteiger partial charge is 0.173 e. The molecule has 6 heteroatoms. The van der Waals surface area contributed by atoms with Crippen molar-refractivity contribution in [1.82, 2.24) is 4.98 Å². The van der Waals surface area contributed by atoms with Crippen LogP contribution in [0.2, 0.25) is 0 Å². The van der Waals surface area contributed by atoms with Gasteiger partial charge in [0.2, 0.25) is 0 Å². The molecule has 1 heterocycles. The third-order valence-electron chi connectivity index (χ3n) is 2.20. The van der Waals surface area contributed by atoms with Crippen molar-refractivity contribution in [1.29, 1.82) is 0 Å². The Labute approximate surface area is 94.0 Å². The highest BCUT2D eigenvalue weighted by Crippen LogP contribution is 2.16. The molecule has 0 radical (unpaired) electrons. The summed E-state index contributed by atoms with van der Waals surface area (Å²) in [5, 5.41) is 20.5. The summed E-state index contributed by atoms with van der Waals surface area (Å²) in [4.78, 5) is 6.05.